The summed E-state index contributed by atoms with van der Waals surface area (Å²) >= 11 is 0. The van der Waals surface area contributed by atoms with Gasteiger partial charge in [-0.05, 0) is 6.92 Å². The molecule has 0 radical (unpaired) electrons. The summed E-state index contributed by atoms with van der Waals surface area (Å²) in [4.78, 5) is -0.338. The zero-order valence-corrected chi connectivity index (χ0v) is 11.6. The van der Waals surface area contributed by atoms with E-state index in [2.05, 4.69) is 5.10 Å². The number of rotatable bonds is 4. The number of nitrogens with zero attached hydrogens (tertiary/aromatic N) is 2. The molecule has 1 heterocycles. The normalized spacial score (nSPS) is 11.6. The van der Waals surface area contributed by atoms with Crippen molar-refractivity contribution in [3.05, 3.63) is 35.8 Å². The van der Waals surface area contributed by atoms with E-state index in [0.29, 0.717) is 18.7 Å². The summed E-state index contributed by atoms with van der Waals surface area (Å²) in [5, 5.41) is 3.75. The molecule has 0 aliphatic rings. The molecule has 1 aromatic carbocycles. The molecule has 2 rings (SSSR count). The lowest BCUT2D eigenvalue weighted by molar-refractivity contribution is 0.448. The van der Waals surface area contributed by atoms with E-state index < -0.39 is 33.2 Å². The van der Waals surface area contributed by atoms with Crippen LogP contribution in [-0.4, -0.2) is 18.2 Å². The summed E-state index contributed by atoms with van der Waals surface area (Å²) < 4.78 is 66.3. The molecular weight excluding hydrogens is 309 g/mol. The summed E-state index contributed by atoms with van der Waals surface area (Å²) in [6.07, 6.45) is 1.17. The molecule has 3 N–H and O–H groups in total. The first-order valence-corrected chi connectivity index (χ1v) is 7.23. The summed E-state index contributed by atoms with van der Waals surface area (Å²) in [6.45, 7) is 2.11. The fourth-order valence-corrected chi connectivity index (χ4v) is 2.73. The SMILES string of the molecule is CCn1cc(S(=O)(=O)Nc2cc(F)c(F)c(F)c2)c(N)n1. The van der Waals surface area contributed by atoms with Crippen LogP contribution >= 0.6 is 0 Å². The van der Waals surface area contributed by atoms with Gasteiger partial charge in [0.2, 0.25) is 0 Å². The Morgan fingerprint density at radius 3 is 2.33 bits per heavy atom. The van der Waals surface area contributed by atoms with Gasteiger partial charge in [-0.2, -0.15) is 5.10 Å². The van der Waals surface area contributed by atoms with E-state index in [0.717, 1.165) is 0 Å². The number of nitrogen functional groups attached to an aromatic ring is 1. The summed E-state index contributed by atoms with van der Waals surface area (Å²) in [5.74, 6) is -4.96. The first kappa shape index (κ1) is 15.2. The van der Waals surface area contributed by atoms with Crippen LogP contribution in [0.1, 0.15) is 6.92 Å². The van der Waals surface area contributed by atoms with Gasteiger partial charge in [0.15, 0.2) is 23.3 Å². The number of hydrogen-bond acceptors (Lipinski definition) is 4. The third-order valence-electron chi connectivity index (χ3n) is 2.60. The molecule has 10 heteroatoms. The van der Waals surface area contributed by atoms with Crippen molar-refractivity contribution in [3.8, 4) is 0 Å². The van der Waals surface area contributed by atoms with Gasteiger partial charge in [-0.25, -0.2) is 21.6 Å². The summed E-state index contributed by atoms with van der Waals surface area (Å²) in [6, 6.07) is 1.05. The maximum absolute atomic E-state index is 13.1. The third-order valence-corrected chi connectivity index (χ3v) is 4.00. The van der Waals surface area contributed by atoms with Gasteiger partial charge in [-0.15, -0.1) is 0 Å². The van der Waals surface area contributed by atoms with Crippen molar-refractivity contribution in [1.82, 2.24) is 9.78 Å². The Morgan fingerprint density at radius 2 is 1.86 bits per heavy atom. The lowest BCUT2D eigenvalue weighted by Gasteiger charge is -2.07. The zero-order valence-electron chi connectivity index (χ0n) is 10.8. The molecule has 0 unspecified atom stereocenters. The molecule has 1 aromatic heterocycles. The molecule has 0 atom stereocenters. The van der Waals surface area contributed by atoms with E-state index in [1.54, 1.807) is 6.92 Å². The highest BCUT2D eigenvalue weighted by atomic mass is 32.2. The second kappa shape index (κ2) is 5.28. The van der Waals surface area contributed by atoms with Gasteiger partial charge in [0.25, 0.3) is 10.0 Å². The number of hydrogen-bond donors (Lipinski definition) is 2. The van der Waals surface area contributed by atoms with Crippen molar-refractivity contribution >= 4 is 21.5 Å². The van der Waals surface area contributed by atoms with E-state index in [1.807, 2.05) is 4.72 Å². The van der Waals surface area contributed by atoms with Crippen LogP contribution in [0, 0.1) is 17.5 Å². The van der Waals surface area contributed by atoms with E-state index >= 15 is 0 Å². The van der Waals surface area contributed by atoms with E-state index in [9.17, 15) is 21.6 Å². The van der Waals surface area contributed by atoms with Crippen LogP contribution < -0.4 is 10.5 Å². The molecule has 114 valence electrons. The van der Waals surface area contributed by atoms with Gasteiger partial charge in [-0.1, -0.05) is 0 Å². The van der Waals surface area contributed by atoms with Crippen molar-refractivity contribution in [3.63, 3.8) is 0 Å². The molecule has 2 aromatic rings. The van der Waals surface area contributed by atoms with Gasteiger partial charge in [-0.3, -0.25) is 9.40 Å². The van der Waals surface area contributed by atoms with Gasteiger partial charge < -0.3 is 5.73 Å². The molecule has 21 heavy (non-hydrogen) atoms. The Labute approximate surface area is 118 Å². The highest BCUT2D eigenvalue weighted by Gasteiger charge is 2.22. The van der Waals surface area contributed by atoms with Crippen LogP contribution in [0.2, 0.25) is 0 Å². The van der Waals surface area contributed by atoms with Crippen LogP contribution in [0.5, 0.6) is 0 Å². The number of nitrogens with two attached hydrogens (primary N) is 1. The average molecular weight is 320 g/mol. The third kappa shape index (κ3) is 2.94. The van der Waals surface area contributed by atoms with Crippen LogP contribution in [-0.2, 0) is 16.6 Å². The number of sulfonamides is 1. The Morgan fingerprint density at radius 1 is 1.29 bits per heavy atom. The van der Waals surface area contributed by atoms with Crippen LogP contribution in [0.3, 0.4) is 0 Å². The fraction of sp³-hybridized carbons (Fsp3) is 0.182. The Kier molecular flexibility index (Phi) is 3.81. The number of benzene rings is 1. The fourth-order valence-electron chi connectivity index (χ4n) is 1.61. The van der Waals surface area contributed by atoms with Gasteiger partial charge in [0, 0.05) is 24.9 Å². The lowest BCUT2D eigenvalue weighted by Crippen LogP contribution is -2.14. The van der Waals surface area contributed by atoms with Crippen molar-refractivity contribution in [2.45, 2.75) is 18.4 Å². The second-order valence-electron chi connectivity index (χ2n) is 4.09. The highest BCUT2D eigenvalue weighted by Crippen LogP contribution is 2.23. The largest absolute Gasteiger partial charge is 0.381 e. The van der Waals surface area contributed by atoms with E-state index in [4.69, 9.17) is 5.73 Å². The standard InChI is InChI=1S/C11H11F3N4O2S/c1-2-18-5-9(11(15)16-18)21(19,20)17-6-3-7(12)10(14)8(13)4-6/h3-5,17H,2H2,1H3,(H2,15,16). The predicted octanol–water partition coefficient (Wildman–Crippen LogP) is 1.70. The lowest BCUT2D eigenvalue weighted by atomic mass is 10.3. The van der Waals surface area contributed by atoms with Crippen LogP contribution in [0.15, 0.2) is 23.2 Å². The number of halogens is 3. The Bertz CT molecular complexity index is 766. The van der Waals surface area contributed by atoms with Crippen molar-refractivity contribution in [2.75, 3.05) is 10.5 Å². The first-order valence-electron chi connectivity index (χ1n) is 5.75. The smallest absolute Gasteiger partial charge is 0.267 e. The first-order chi connectivity index (χ1) is 9.74. The minimum absolute atomic E-state index is 0.257. The Hall–Kier alpha value is -2.23. The van der Waals surface area contributed by atoms with Crippen LogP contribution in [0.25, 0.3) is 0 Å². The summed E-state index contributed by atoms with van der Waals surface area (Å²) in [7, 11) is -4.19. The monoisotopic (exact) mass is 320 g/mol. The molecule has 0 saturated heterocycles. The van der Waals surface area contributed by atoms with Gasteiger partial charge in [0.05, 0.1) is 5.69 Å². The topological polar surface area (TPSA) is 90.0 Å². The minimum atomic E-state index is -4.19. The average Bonchev–Trinajstić information content (AvgIpc) is 2.77. The summed E-state index contributed by atoms with van der Waals surface area (Å²) in [5.41, 5.74) is 5.02. The predicted molar refractivity (Wildman–Crippen MR) is 69.4 cm³/mol. The molecule has 0 aliphatic heterocycles. The molecular formula is C11H11F3N4O2S. The van der Waals surface area contributed by atoms with Crippen molar-refractivity contribution < 1.29 is 21.6 Å². The zero-order chi connectivity index (χ0) is 15.8. The number of aryl methyl sites for hydroxylation is 1. The van der Waals surface area contributed by atoms with E-state index in [-0.39, 0.29) is 10.7 Å². The minimum Gasteiger partial charge on any atom is -0.381 e. The maximum Gasteiger partial charge on any atom is 0.267 e. The molecule has 0 saturated carbocycles. The number of nitrogens with one attached hydrogen (secondary N) is 1. The molecule has 0 bridgehead atoms. The molecule has 6 nitrogen and oxygen atoms in total. The van der Waals surface area contributed by atoms with Gasteiger partial charge in [0.1, 0.15) is 4.90 Å². The van der Waals surface area contributed by atoms with E-state index in [1.165, 1.54) is 10.9 Å². The van der Waals surface area contributed by atoms with Crippen molar-refractivity contribution in [1.29, 1.82) is 0 Å². The Balaban J connectivity index is 2.39. The van der Waals surface area contributed by atoms with Crippen LogP contribution in [0.4, 0.5) is 24.7 Å². The molecule has 0 spiro atoms. The number of anilines is 2. The van der Waals surface area contributed by atoms with Gasteiger partial charge >= 0.3 is 0 Å². The second-order valence-corrected chi connectivity index (χ2v) is 5.74. The molecule has 0 fully saturated rings. The molecule has 0 amide bonds. The molecule has 0 aliphatic carbocycles. The highest BCUT2D eigenvalue weighted by molar-refractivity contribution is 7.92. The maximum atomic E-state index is 13.1. The number of aromatic nitrogens is 2. The quantitative estimate of drug-likeness (QED) is 0.839. The van der Waals surface area contributed by atoms with Crippen molar-refractivity contribution in [2.24, 2.45) is 0 Å².